The normalized spacial score (nSPS) is 6.67. The molecule has 1 rings (SSSR count). The summed E-state index contributed by atoms with van der Waals surface area (Å²) in [5.74, 6) is 0. The number of hydrogen-bond acceptors (Lipinski definition) is 1. The summed E-state index contributed by atoms with van der Waals surface area (Å²) in [5.41, 5.74) is 0. The van der Waals surface area contributed by atoms with Gasteiger partial charge in [-0.3, -0.25) is 5.10 Å². The molecule has 0 amide bonds. The zero-order chi connectivity index (χ0) is 3.54. The first-order valence-electron chi connectivity index (χ1n) is 1.44. The van der Waals surface area contributed by atoms with Crippen molar-refractivity contribution in [2.45, 2.75) is 0 Å². The average molecular weight is 138 g/mol. The SMILES string of the molecule is [Ga+3].c1cn[nH]c1. The minimum Gasteiger partial charge on any atom is -0.286 e. The number of rotatable bonds is 0. The standard InChI is InChI=1S/C3H4N2.Ga/c1-2-4-5-3-1;/h1-3H,(H,4,5);/q;+3. The number of aromatic nitrogens is 2. The van der Waals surface area contributed by atoms with Gasteiger partial charge in [0.25, 0.3) is 0 Å². The molecular weight excluding hydrogens is 134 g/mol. The fraction of sp³-hybridized carbons (Fsp3) is 0. The predicted octanol–water partition coefficient (Wildman–Crippen LogP) is 0.0289. The van der Waals surface area contributed by atoms with Crippen LogP contribution in [-0.4, -0.2) is 30.0 Å². The molecule has 0 bridgehead atoms. The van der Waals surface area contributed by atoms with Gasteiger partial charge >= 0.3 is 19.8 Å². The Bertz CT molecular complexity index is 65.3. The molecular formula is C3H4GaN2+3. The molecule has 0 aromatic carbocycles. The summed E-state index contributed by atoms with van der Waals surface area (Å²) in [6.07, 6.45) is 3.46. The molecule has 1 heterocycles. The van der Waals surface area contributed by atoms with Crippen LogP contribution in [0.2, 0.25) is 0 Å². The second kappa shape index (κ2) is 3.05. The maximum absolute atomic E-state index is 3.60. The molecule has 0 saturated heterocycles. The van der Waals surface area contributed by atoms with Crippen LogP contribution < -0.4 is 0 Å². The van der Waals surface area contributed by atoms with Crippen LogP contribution >= 0.6 is 0 Å². The van der Waals surface area contributed by atoms with Gasteiger partial charge < -0.3 is 0 Å². The van der Waals surface area contributed by atoms with E-state index in [0.717, 1.165) is 0 Å². The van der Waals surface area contributed by atoms with Crippen LogP contribution in [0.4, 0.5) is 0 Å². The van der Waals surface area contributed by atoms with Crippen molar-refractivity contribution in [3.05, 3.63) is 18.5 Å². The summed E-state index contributed by atoms with van der Waals surface area (Å²) in [6.45, 7) is 0. The van der Waals surface area contributed by atoms with E-state index in [0.29, 0.717) is 0 Å². The zero-order valence-electron chi connectivity index (χ0n) is 3.26. The van der Waals surface area contributed by atoms with E-state index in [2.05, 4.69) is 10.2 Å². The van der Waals surface area contributed by atoms with Gasteiger partial charge in [0.1, 0.15) is 0 Å². The molecule has 0 unspecified atom stereocenters. The smallest absolute Gasteiger partial charge is 0.286 e. The van der Waals surface area contributed by atoms with Crippen molar-refractivity contribution in [1.82, 2.24) is 10.2 Å². The summed E-state index contributed by atoms with van der Waals surface area (Å²) in [4.78, 5) is 0. The van der Waals surface area contributed by atoms with E-state index in [-0.39, 0.29) is 19.8 Å². The van der Waals surface area contributed by atoms with Crippen molar-refractivity contribution in [2.75, 3.05) is 0 Å². The second-order valence-corrected chi connectivity index (χ2v) is 0.766. The molecule has 0 aliphatic rings. The van der Waals surface area contributed by atoms with Gasteiger partial charge in [-0.15, -0.1) is 0 Å². The van der Waals surface area contributed by atoms with Crippen molar-refractivity contribution in [3.8, 4) is 0 Å². The van der Waals surface area contributed by atoms with E-state index in [1.165, 1.54) is 0 Å². The predicted molar refractivity (Wildman–Crippen MR) is 24.3 cm³/mol. The van der Waals surface area contributed by atoms with Gasteiger partial charge in [0.15, 0.2) is 0 Å². The molecule has 6 heavy (non-hydrogen) atoms. The summed E-state index contributed by atoms with van der Waals surface area (Å²) >= 11 is 0. The molecule has 1 aromatic rings. The molecule has 2 nitrogen and oxygen atoms in total. The molecule has 0 radical (unpaired) electrons. The molecule has 0 saturated carbocycles. The van der Waals surface area contributed by atoms with Gasteiger partial charge in [-0.1, -0.05) is 0 Å². The van der Waals surface area contributed by atoms with Crippen molar-refractivity contribution < 1.29 is 0 Å². The summed E-state index contributed by atoms with van der Waals surface area (Å²) < 4.78 is 0. The van der Waals surface area contributed by atoms with Gasteiger partial charge in [-0.25, -0.2) is 0 Å². The van der Waals surface area contributed by atoms with Crippen LogP contribution in [0.1, 0.15) is 0 Å². The van der Waals surface area contributed by atoms with Gasteiger partial charge in [0.2, 0.25) is 0 Å². The van der Waals surface area contributed by atoms with Crippen molar-refractivity contribution in [3.63, 3.8) is 0 Å². The maximum Gasteiger partial charge on any atom is 3.00 e. The van der Waals surface area contributed by atoms with Gasteiger partial charge in [-0.2, -0.15) is 5.10 Å². The Morgan fingerprint density at radius 3 is 2.50 bits per heavy atom. The van der Waals surface area contributed by atoms with Crippen molar-refractivity contribution >= 4 is 19.8 Å². The van der Waals surface area contributed by atoms with Crippen molar-refractivity contribution in [1.29, 1.82) is 0 Å². The Hall–Kier alpha value is -0.154. The Labute approximate surface area is 49.0 Å². The number of aromatic amines is 1. The minimum atomic E-state index is 0. The molecule has 26 valence electrons. The van der Waals surface area contributed by atoms with Crippen LogP contribution in [-0.2, 0) is 0 Å². The van der Waals surface area contributed by atoms with Crippen molar-refractivity contribution in [2.24, 2.45) is 0 Å². The molecule has 0 atom stereocenters. The summed E-state index contributed by atoms with van der Waals surface area (Å²) in [7, 11) is 0. The molecule has 0 fully saturated rings. The van der Waals surface area contributed by atoms with Crippen LogP contribution in [0, 0.1) is 0 Å². The Morgan fingerprint density at radius 1 is 1.50 bits per heavy atom. The van der Waals surface area contributed by atoms with E-state index >= 15 is 0 Å². The Balaban J connectivity index is 0.000000250. The number of nitrogens with one attached hydrogen (secondary N) is 1. The van der Waals surface area contributed by atoms with E-state index in [1.807, 2.05) is 6.07 Å². The molecule has 0 spiro atoms. The van der Waals surface area contributed by atoms with Gasteiger partial charge in [-0.05, 0) is 6.07 Å². The summed E-state index contributed by atoms with van der Waals surface area (Å²) in [5, 5.41) is 6.21. The average Bonchev–Trinajstić information content (AvgIpc) is 1.76. The van der Waals surface area contributed by atoms with E-state index in [9.17, 15) is 0 Å². The van der Waals surface area contributed by atoms with Crippen LogP contribution in [0.3, 0.4) is 0 Å². The fourth-order valence-electron chi connectivity index (χ4n) is 0.215. The third-order valence-electron chi connectivity index (χ3n) is 0.406. The topological polar surface area (TPSA) is 28.7 Å². The first kappa shape index (κ1) is 5.85. The van der Waals surface area contributed by atoms with Crippen LogP contribution in [0.5, 0.6) is 0 Å². The second-order valence-electron chi connectivity index (χ2n) is 0.766. The van der Waals surface area contributed by atoms with E-state index < -0.39 is 0 Å². The fourth-order valence-corrected chi connectivity index (χ4v) is 0.215. The number of nitrogens with zero attached hydrogens (tertiary/aromatic N) is 1. The monoisotopic (exact) mass is 137 g/mol. The minimum absolute atomic E-state index is 0. The zero-order valence-corrected chi connectivity index (χ0v) is 5.68. The van der Waals surface area contributed by atoms with Crippen LogP contribution in [0.15, 0.2) is 18.5 Å². The molecule has 0 aliphatic carbocycles. The first-order chi connectivity index (χ1) is 2.50. The molecule has 3 heteroatoms. The first-order valence-corrected chi connectivity index (χ1v) is 1.44. The summed E-state index contributed by atoms with van der Waals surface area (Å²) in [6, 6.07) is 1.83. The van der Waals surface area contributed by atoms with Crippen LogP contribution in [0.25, 0.3) is 0 Å². The molecule has 1 N–H and O–H groups in total. The van der Waals surface area contributed by atoms with Gasteiger partial charge in [0.05, 0.1) is 0 Å². The van der Waals surface area contributed by atoms with E-state index in [1.54, 1.807) is 12.4 Å². The third kappa shape index (κ3) is 1.33. The molecule has 1 aromatic heterocycles. The largest absolute Gasteiger partial charge is 3.00 e. The maximum atomic E-state index is 3.60. The third-order valence-corrected chi connectivity index (χ3v) is 0.406. The van der Waals surface area contributed by atoms with Gasteiger partial charge in [0, 0.05) is 12.4 Å². The Morgan fingerprint density at radius 2 is 2.33 bits per heavy atom. The molecule has 0 aliphatic heterocycles. The number of H-pyrrole nitrogens is 1. The quantitative estimate of drug-likeness (QED) is 0.503. The number of hydrogen-bond donors (Lipinski definition) is 1. The van der Waals surface area contributed by atoms with E-state index in [4.69, 9.17) is 0 Å². The Kier molecular flexibility index (Phi) is 2.97.